The van der Waals surface area contributed by atoms with Crippen LogP contribution in [0.15, 0.2) is 42.5 Å². The zero-order valence-electron chi connectivity index (χ0n) is 18.0. The molecule has 0 fully saturated rings. The van der Waals surface area contributed by atoms with Gasteiger partial charge in [0.2, 0.25) is 11.8 Å². The fraction of sp³-hybridized carbons (Fsp3) is 0.417. The fourth-order valence-electron chi connectivity index (χ4n) is 3.10. The Hall–Kier alpha value is -2.33. The van der Waals surface area contributed by atoms with Crippen LogP contribution in [-0.4, -0.2) is 29.3 Å². The molecule has 0 saturated heterocycles. The average Bonchev–Trinajstić information content (AvgIpc) is 2.67. The molecule has 1 unspecified atom stereocenters. The van der Waals surface area contributed by atoms with Gasteiger partial charge in [-0.25, -0.2) is 0 Å². The molecule has 0 saturated carbocycles. The van der Waals surface area contributed by atoms with Crippen molar-refractivity contribution in [3.05, 3.63) is 69.7 Å². The van der Waals surface area contributed by atoms with E-state index in [-0.39, 0.29) is 18.2 Å². The van der Waals surface area contributed by atoms with Crippen molar-refractivity contribution in [3.63, 3.8) is 0 Å². The highest BCUT2D eigenvalue weighted by atomic mass is 35.5. The van der Waals surface area contributed by atoms with E-state index in [1.807, 2.05) is 64.1 Å². The number of nitrogens with zero attached hydrogens (tertiary/aromatic N) is 1. The van der Waals surface area contributed by atoms with E-state index in [1.54, 1.807) is 17.9 Å². The number of rotatable bonds is 8. The number of hydrogen-bond donors (Lipinski definition) is 1. The van der Waals surface area contributed by atoms with Crippen molar-refractivity contribution in [3.8, 4) is 0 Å². The maximum Gasteiger partial charge on any atom is 0.242 e. The molecule has 2 aromatic carbocycles. The van der Waals surface area contributed by atoms with Gasteiger partial charge in [0.05, 0.1) is 6.42 Å². The van der Waals surface area contributed by atoms with E-state index in [4.69, 9.17) is 11.6 Å². The van der Waals surface area contributed by atoms with Crippen molar-refractivity contribution in [2.45, 2.75) is 53.6 Å². The summed E-state index contributed by atoms with van der Waals surface area (Å²) in [5, 5.41) is 3.53. The first-order valence-electron chi connectivity index (χ1n) is 10.1. The Morgan fingerprint density at radius 3 is 2.38 bits per heavy atom. The molecule has 1 atom stereocenters. The average molecular weight is 415 g/mol. The van der Waals surface area contributed by atoms with Gasteiger partial charge in [0.1, 0.15) is 6.04 Å². The fourth-order valence-corrected chi connectivity index (χ4v) is 3.30. The van der Waals surface area contributed by atoms with E-state index in [2.05, 4.69) is 5.32 Å². The lowest BCUT2D eigenvalue weighted by molar-refractivity contribution is -0.140. The summed E-state index contributed by atoms with van der Waals surface area (Å²) < 4.78 is 0. The molecular formula is C24H31ClN2O2. The summed E-state index contributed by atoms with van der Waals surface area (Å²) in [6.07, 6.45) is 0.250. The molecule has 0 aliphatic rings. The molecule has 29 heavy (non-hydrogen) atoms. The van der Waals surface area contributed by atoms with Gasteiger partial charge in [0, 0.05) is 18.1 Å². The number of nitrogens with one attached hydrogen (secondary N) is 1. The quantitative estimate of drug-likeness (QED) is 0.681. The van der Waals surface area contributed by atoms with Crippen LogP contribution in [0.5, 0.6) is 0 Å². The van der Waals surface area contributed by atoms with Gasteiger partial charge >= 0.3 is 0 Å². The van der Waals surface area contributed by atoms with Gasteiger partial charge in [-0.15, -0.1) is 0 Å². The third kappa shape index (κ3) is 6.60. The second-order valence-electron chi connectivity index (χ2n) is 8.03. The minimum Gasteiger partial charge on any atom is -0.354 e. The summed E-state index contributed by atoms with van der Waals surface area (Å²) in [4.78, 5) is 27.6. The Morgan fingerprint density at radius 2 is 1.72 bits per heavy atom. The van der Waals surface area contributed by atoms with Crippen LogP contribution < -0.4 is 5.32 Å². The molecule has 2 rings (SSSR count). The van der Waals surface area contributed by atoms with Gasteiger partial charge in [0.15, 0.2) is 0 Å². The topological polar surface area (TPSA) is 49.4 Å². The molecule has 0 spiro atoms. The molecule has 0 radical (unpaired) electrons. The molecule has 156 valence electrons. The maximum absolute atomic E-state index is 13.3. The van der Waals surface area contributed by atoms with Gasteiger partial charge in [-0.2, -0.15) is 0 Å². The summed E-state index contributed by atoms with van der Waals surface area (Å²) in [5.74, 6) is 0.0969. The van der Waals surface area contributed by atoms with Crippen LogP contribution >= 0.6 is 11.6 Å². The molecule has 2 aromatic rings. The second kappa shape index (κ2) is 10.4. The maximum atomic E-state index is 13.3. The lowest BCUT2D eigenvalue weighted by Crippen LogP contribution is -2.48. The number of hydrogen-bond acceptors (Lipinski definition) is 2. The number of aryl methyl sites for hydroxylation is 2. The Bertz CT molecular complexity index is 864. The Labute approximate surface area is 179 Å². The molecule has 0 bridgehead atoms. The first-order valence-corrected chi connectivity index (χ1v) is 10.4. The van der Waals surface area contributed by atoms with Crippen LogP contribution in [0.2, 0.25) is 5.02 Å². The second-order valence-corrected chi connectivity index (χ2v) is 8.44. The van der Waals surface area contributed by atoms with Crippen LogP contribution in [0.25, 0.3) is 0 Å². The van der Waals surface area contributed by atoms with Crippen LogP contribution in [-0.2, 0) is 22.6 Å². The Morgan fingerprint density at radius 1 is 1.03 bits per heavy atom. The number of benzene rings is 2. The molecular weight excluding hydrogens is 384 g/mol. The lowest BCUT2D eigenvalue weighted by Gasteiger charge is -2.29. The van der Waals surface area contributed by atoms with Crippen molar-refractivity contribution in [1.82, 2.24) is 10.2 Å². The summed E-state index contributed by atoms with van der Waals surface area (Å²) in [7, 11) is 0. The van der Waals surface area contributed by atoms with Crippen LogP contribution in [0.1, 0.15) is 43.0 Å². The van der Waals surface area contributed by atoms with Crippen molar-refractivity contribution < 1.29 is 9.59 Å². The number of amides is 2. The first-order chi connectivity index (χ1) is 13.7. The monoisotopic (exact) mass is 414 g/mol. The van der Waals surface area contributed by atoms with E-state index in [0.717, 1.165) is 22.3 Å². The smallest absolute Gasteiger partial charge is 0.242 e. The summed E-state index contributed by atoms with van der Waals surface area (Å²) in [6, 6.07) is 12.9. The van der Waals surface area contributed by atoms with Gasteiger partial charge < -0.3 is 10.2 Å². The standard InChI is InChI=1S/C24H31ClN2O2/c1-16(2)14-26-24(29)19(5)27(15-20-8-6-7-9-22(20)25)23(28)13-21-12-17(3)10-11-18(21)4/h6-12,16,19H,13-15H2,1-5H3,(H,26,29). The van der Waals surface area contributed by atoms with Crippen molar-refractivity contribution in [1.29, 1.82) is 0 Å². The van der Waals surface area contributed by atoms with E-state index >= 15 is 0 Å². The summed E-state index contributed by atoms with van der Waals surface area (Å²) >= 11 is 6.33. The van der Waals surface area contributed by atoms with Crippen molar-refractivity contribution in [2.24, 2.45) is 5.92 Å². The molecule has 5 heteroatoms. The highest BCUT2D eigenvalue weighted by Crippen LogP contribution is 2.20. The van der Waals surface area contributed by atoms with Crippen LogP contribution in [0, 0.1) is 19.8 Å². The largest absolute Gasteiger partial charge is 0.354 e. The van der Waals surface area contributed by atoms with Crippen molar-refractivity contribution in [2.75, 3.05) is 6.54 Å². The normalized spacial score (nSPS) is 12.0. The third-order valence-electron chi connectivity index (χ3n) is 5.00. The first kappa shape index (κ1) is 23.0. The number of carbonyl (C=O) groups excluding carboxylic acids is 2. The van der Waals surface area contributed by atoms with Crippen LogP contribution in [0.3, 0.4) is 0 Å². The summed E-state index contributed by atoms with van der Waals surface area (Å²) in [6.45, 7) is 10.7. The zero-order valence-corrected chi connectivity index (χ0v) is 18.7. The minimum atomic E-state index is -0.595. The number of halogens is 1. The lowest BCUT2D eigenvalue weighted by atomic mass is 10.0. The van der Waals surface area contributed by atoms with Gasteiger partial charge in [-0.1, -0.05) is 67.4 Å². The third-order valence-corrected chi connectivity index (χ3v) is 5.37. The van der Waals surface area contributed by atoms with Gasteiger partial charge in [-0.05, 0) is 49.4 Å². The number of carbonyl (C=O) groups is 2. The van der Waals surface area contributed by atoms with E-state index in [1.165, 1.54) is 0 Å². The highest BCUT2D eigenvalue weighted by Gasteiger charge is 2.27. The molecule has 0 aliphatic carbocycles. The predicted molar refractivity (Wildman–Crippen MR) is 119 cm³/mol. The highest BCUT2D eigenvalue weighted by molar-refractivity contribution is 6.31. The van der Waals surface area contributed by atoms with Crippen LogP contribution in [0.4, 0.5) is 0 Å². The SMILES string of the molecule is Cc1ccc(C)c(CC(=O)N(Cc2ccccc2Cl)C(C)C(=O)NCC(C)C)c1. The minimum absolute atomic E-state index is 0.0918. The molecule has 0 heterocycles. The molecule has 0 aromatic heterocycles. The Kier molecular flexibility index (Phi) is 8.27. The zero-order chi connectivity index (χ0) is 21.6. The molecule has 0 aliphatic heterocycles. The molecule has 1 N–H and O–H groups in total. The van der Waals surface area contributed by atoms with E-state index in [0.29, 0.717) is 24.0 Å². The summed E-state index contributed by atoms with van der Waals surface area (Å²) in [5.41, 5.74) is 3.98. The Balaban J connectivity index is 2.27. The molecule has 2 amide bonds. The van der Waals surface area contributed by atoms with Gasteiger partial charge in [-0.3, -0.25) is 9.59 Å². The van der Waals surface area contributed by atoms with Crippen molar-refractivity contribution >= 4 is 23.4 Å². The predicted octanol–water partition coefficient (Wildman–Crippen LogP) is 4.69. The van der Waals surface area contributed by atoms with E-state index < -0.39 is 6.04 Å². The van der Waals surface area contributed by atoms with Gasteiger partial charge in [0.25, 0.3) is 0 Å². The van der Waals surface area contributed by atoms with E-state index in [9.17, 15) is 9.59 Å². The molecule has 4 nitrogen and oxygen atoms in total.